The molecule has 2 rings (SSSR count). The molecule has 2 N–H and O–H groups in total. The van der Waals surface area contributed by atoms with Crippen molar-refractivity contribution in [3.8, 4) is 11.5 Å². The smallest absolute Gasteiger partial charge is 0.197 e. The number of aromatic hydroxyl groups is 2. The maximum Gasteiger partial charge on any atom is 0.197 e. The van der Waals surface area contributed by atoms with E-state index in [4.69, 9.17) is 16.0 Å². The van der Waals surface area contributed by atoms with Crippen molar-refractivity contribution in [1.29, 1.82) is 0 Å². The molecule has 0 saturated heterocycles. The monoisotopic (exact) mass is 274 g/mol. The molecule has 2 aromatic rings. The molecule has 0 aliphatic rings. The summed E-state index contributed by atoms with van der Waals surface area (Å²) in [4.78, 5) is 11.7. The summed E-state index contributed by atoms with van der Waals surface area (Å²) < 4.78 is 16.4. The van der Waals surface area contributed by atoms with Crippen LogP contribution < -0.4 is 5.43 Å². The number of phenols is 2. The zero-order chi connectivity index (χ0) is 12.7. The van der Waals surface area contributed by atoms with Gasteiger partial charge in [-0.15, -0.1) is 0 Å². The quantitative estimate of drug-likeness (QED) is 0.824. The Morgan fingerprint density at radius 3 is 2.53 bits per heavy atom. The highest BCUT2D eigenvalue weighted by atomic mass is 35.5. The molecular formula is C10H7ClO5S. The van der Waals surface area contributed by atoms with Gasteiger partial charge in [0.25, 0.3) is 0 Å². The van der Waals surface area contributed by atoms with Crippen LogP contribution in [0.25, 0.3) is 11.0 Å². The summed E-state index contributed by atoms with van der Waals surface area (Å²) in [7, 11) is -1.51. The Bertz CT molecular complexity index is 691. The SMILES string of the molecule is CS(=O)c1cc(=O)c2c(O)cc(O)c(Cl)c2o1. The van der Waals surface area contributed by atoms with Crippen molar-refractivity contribution in [2.24, 2.45) is 0 Å². The highest BCUT2D eigenvalue weighted by Crippen LogP contribution is 2.36. The summed E-state index contributed by atoms with van der Waals surface area (Å²) in [6, 6.07) is 1.97. The van der Waals surface area contributed by atoms with Gasteiger partial charge in [0.1, 0.15) is 21.9 Å². The number of hydrogen-bond donors (Lipinski definition) is 2. The Balaban J connectivity index is 3.02. The van der Waals surface area contributed by atoms with E-state index in [1.54, 1.807) is 0 Å². The van der Waals surface area contributed by atoms with Gasteiger partial charge in [-0.25, -0.2) is 0 Å². The largest absolute Gasteiger partial charge is 0.507 e. The summed E-state index contributed by atoms with van der Waals surface area (Å²) in [5.74, 6) is -0.858. The average Bonchev–Trinajstić information content (AvgIpc) is 2.24. The van der Waals surface area contributed by atoms with E-state index in [1.807, 2.05) is 0 Å². The minimum atomic E-state index is -1.51. The molecule has 5 nitrogen and oxygen atoms in total. The molecule has 7 heteroatoms. The van der Waals surface area contributed by atoms with Gasteiger partial charge in [-0.2, -0.15) is 0 Å². The minimum Gasteiger partial charge on any atom is -0.507 e. The van der Waals surface area contributed by atoms with E-state index in [0.717, 1.165) is 12.1 Å². The molecule has 90 valence electrons. The zero-order valence-corrected chi connectivity index (χ0v) is 10.1. The van der Waals surface area contributed by atoms with Crippen LogP contribution in [0.15, 0.2) is 26.4 Å². The summed E-state index contributed by atoms with van der Waals surface area (Å²) in [6.45, 7) is 0. The summed E-state index contributed by atoms with van der Waals surface area (Å²) in [5.41, 5.74) is -0.752. The second-order valence-corrected chi connectivity index (χ2v) is 5.01. The van der Waals surface area contributed by atoms with Crippen LogP contribution in [0, 0.1) is 0 Å². The van der Waals surface area contributed by atoms with Crippen LogP contribution in [0.1, 0.15) is 0 Å². The van der Waals surface area contributed by atoms with Crippen molar-refractivity contribution in [2.75, 3.05) is 6.26 Å². The lowest BCUT2D eigenvalue weighted by Gasteiger charge is -2.05. The zero-order valence-electron chi connectivity index (χ0n) is 8.56. The fourth-order valence-electron chi connectivity index (χ4n) is 1.39. The third kappa shape index (κ3) is 1.89. The Morgan fingerprint density at radius 1 is 1.29 bits per heavy atom. The second-order valence-electron chi connectivity index (χ2n) is 3.32. The Labute approximate surface area is 103 Å². The van der Waals surface area contributed by atoms with E-state index in [1.165, 1.54) is 6.26 Å². The van der Waals surface area contributed by atoms with Crippen LogP contribution in [-0.4, -0.2) is 20.7 Å². The molecule has 1 aromatic heterocycles. The lowest BCUT2D eigenvalue weighted by Crippen LogP contribution is -2.03. The standard InChI is InChI=1S/C10H7ClO5S/c1-17(15)7-3-5(13)8-4(12)2-6(14)9(11)10(8)16-7/h2-3,12,14H,1H3. The highest BCUT2D eigenvalue weighted by Gasteiger charge is 2.17. The third-order valence-electron chi connectivity index (χ3n) is 2.16. The van der Waals surface area contributed by atoms with Crippen LogP contribution in [0.2, 0.25) is 5.02 Å². The van der Waals surface area contributed by atoms with E-state index in [-0.39, 0.29) is 21.1 Å². The van der Waals surface area contributed by atoms with Gasteiger partial charge < -0.3 is 14.6 Å². The molecule has 1 unspecified atom stereocenters. The lowest BCUT2D eigenvalue weighted by molar-refractivity contribution is 0.445. The highest BCUT2D eigenvalue weighted by molar-refractivity contribution is 7.84. The van der Waals surface area contributed by atoms with Crippen LogP contribution in [0.4, 0.5) is 0 Å². The van der Waals surface area contributed by atoms with Crippen LogP contribution >= 0.6 is 11.6 Å². The van der Waals surface area contributed by atoms with E-state index in [9.17, 15) is 19.2 Å². The van der Waals surface area contributed by atoms with Gasteiger partial charge in [-0.1, -0.05) is 11.6 Å². The topological polar surface area (TPSA) is 87.7 Å². The predicted molar refractivity (Wildman–Crippen MR) is 63.2 cm³/mol. The molecule has 0 fully saturated rings. The molecule has 1 atom stereocenters. The molecular weight excluding hydrogens is 268 g/mol. The first-order chi connectivity index (χ1) is 7.91. The third-order valence-corrected chi connectivity index (χ3v) is 3.30. The maximum atomic E-state index is 11.7. The van der Waals surface area contributed by atoms with E-state index in [0.29, 0.717) is 0 Å². The van der Waals surface area contributed by atoms with Crippen LogP contribution in [0.5, 0.6) is 11.5 Å². The molecule has 1 heterocycles. The summed E-state index contributed by atoms with van der Waals surface area (Å²) in [6.07, 6.45) is 1.33. The van der Waals surface area contributed by atoms with E-state index >= 15 is 0 Å². The Hall–Kier alpha value is -1.53. The fraction of sp³-hybridized carbons (Fsp3) is 0.100. The molecule has 0 spiro atoms. The normalized spacial score (nSPS) is 12.8. The number of phenolic OH excluding ortho intramolecular Hbond substituents is 2. The molecule has 0 bridgehead atoms. The first kappa shape index (κ1) is 11.9. The van der Waals surface area contributed by atoms with E-state index in [2.05, 4.69) is 0 Å². The number of halogens is 1. The van der Waals surface area contributed by atoms with Gasteiger partial charge in [0, 0.05) is 18.4 Å². The van der Waals surface area contributed by atoms with Crippen LogP contribution in [-0.2, 0) is 10.8 Å². The number of rotatable bonds is 1. The molecule has 0 radical (unpaired) electrons. The molecule has 0 aliphatic heterocycles. The van der Waals surface area contributed by atoms with Crippen molar-refractivity contribution in [2.45, 2.75) is 5.09 Å². The van der Waals surface area contributed by atoms with Gasteiger partial charge >= 0.3 is 0 Å². The molecule has 0 aliphatic carbocycles. The van der Waals surface area contributed by atoms with Crippen molar-refractivity contribution in [1.82, 2.24) is 0 Å². The van der Waals surface area contributed by atoms with Gasteiger partial charge in [0.05, 0.1) is 10.8 Å². The fourth-order valence-corrected chi connectivity index (χ4v) is 2.05. The Morgan fingerprint density at radius 2 is 1.94 bits per heavy atom. The number of benzene rings is 1. The van der Waals surface area contributed by atoms with Crippen molar-refractivity contribution >= 4 is 33.4 Å². The van der Waals surface area contributed by atoms with Crippen LogP contribution in [0.3, 0.4) is 0 Å². The molecule has 17 heavy (non-hydrogen) atoms. The molecule has 1 aromatic carbocycles. The first-order valence-corrected chi connectivity index (χ1v) is 6.37. The van der Waals surface area contributed by atoms with Gasteiger partial charge in [0.2, 0.25) is 0 Å². The minimum absolute atomic E-state index is 0.0746. The number of hydrogen-bond acceptors (Lipinski definition) is 5. The average molecular weight is 275 g/mol. The Kier molecular flexibility index (Phi) is 2.84. The summed E-state index contributed by atoms with van der Waals surface area (Å²) >= 11 is 5.75. The summed E-state index contributed by atoms with van der Waals surface area (Å²) in [5, 5.41) is 18.5. The molecule has 0 amide bonds. The maximum absolute atomic E-state index is 11.7. The van der Waals surface area contributed by atoms with E-state index < -0.39 is 27.7 Å². The van der Waals surface area contributed by atoms with Gasteiger partial charge in [-0.3, -0.25) is 9.00 Å². The molecule has 0 saturated carbocycles. The van der Waals surface area contributed by atoms with Crippen molar-refractivity contribution in [3.05, 3.63) is 27.4 Å². The number of fused-ring (bicyclic) bond motifs is 1. The first-order valence-electron chi connectivity index (χ1n) is 4.43. The predicted octanol–water partition coefficient (Wildman–Crippen LogP) is 1.59. The van der Waals surface area contributed by atoms with Gasteiger partial charge in [0.15, 0.2) is 16.1 Å². The van der Waals surface area contributed by atoms with Crippen molar-refractivity contribution in [3.63, 3.8) is 0 Å². The van der Waals surface area contributed by atoms with Crippen molar-refractivity contribution < 1.29 is 18.8 Å². The lowest BCUT2D eigenvalue weighted by atomic mass is 10.2. The second kappa shape index (κ2) is 4.05. The van der Waals surface area contributed by atoms with Gasteiger partial charge in [-0.05, 0) is 0 Å².